The van der Waals surface area contributed by atoms with E-state index < -0.39 is 10.0 Å². The first-order chi connectivity index (χ1) is 10.4. The number of carbonyl (C=O) groups excluding carboxylic acids is 1. The van der Waals surface area contributed by atoms with Crippen molar-refractivity contribution in [1.82, 2.24) is 4.90 Å². The van der Waals surface area contributed by atoms with E-state index in [4.69, 9.17) is 4.74 Å². The van der Waals surface area contributed by atoms with Crippen molar-refractivity contribution in [2.24, 2.45) is 0 Å². The van der Waals surface area contributed by atoms with Crippen LogP contribution in [0.4, 0.5) is 5.69 Å². The van der Waals surface area contributed by atoms with E-state index in [0.29, 0.717) is 37.4 Å². The Balaban J connectivity index is 2.03. The Kier molecular flexibility index (Phi) is 5.42. The highest BCUT2D eigenvalue weighted by Gasteiger charge is 2.22. The van der Waals surface area contributed by atoms with Crippen molar-refractivity contribution in [3.63, 3.8) is 0 Å². The zero-order valence-electron chi connectivity index (χ0n) is 12.9. The van der Waals surface area contributed by atoms with Crippen LogP contribution in [-0.4, -0.2) is 50.8 Å². The van der Waals surface area contributed by atoms with E-state index in [0.717, 1.165) is 0 Å². The molecule has 22 heavy (non-hydrogen) atoms. The van der Waals surface area contributed by atoms with E-state index in [9.17, 15) is 13.2 Å². The molecule has 0 radical (unpaired) electrons. The van der Waals surface area contributed by atoms with Crippen LogP contribution in [0.2, 0.25) is 0 Å². The summed E-state index contributed by atoms with van der Waals surface area (Å²) in [6.45, 7) is 5.44. The maximum Gasteiger partial charge on any atom is 0.254 e. The highest BCUT2D eigenvalue weighted by molar-refractivity contribution is 7.92. The van der Waals surface area contributed by atoms with Crippen LogP contribution in [0.25, 0.3) is 0 Å². The van der Waals surface area contributed by atoms with Crippen molar-refractivity contribution in [3.05, 3.63) is 29.8 Å². The van der Waals surface area contributed by atoms with E-state index >= 15 is 0 Å². The zero-order valence-corrected chi connectivity index (χ0v) is 13.7. The normalized spacial score (nSPS) is 19.0. The Bertz CT molecular complexity index is 613. The minimum absolute atomic E-state index is 0.0397. The van der Waals surface area contributed by atoms with Gasteiger partial charge in [0.15, 0.2) is 0 Å². The second kappa shape index (κ2) is 7.11. The number of benzene rings is 1. The smallest absolute Gasteiger partial charge is 0.254 e. The number of amides is 1. The highest BCUT2D eigenvalue weighted by atomic mass is 32.2. The van der Waals surface area contributed by atoms with E-state index in [1.807, 2.05) is 13.8 Å². The van der Waals surface area contributed by atoms with E-state index in [2.05, 4.69) is 4.72 Å². The average molecular weight is 326 g/mol. The molecule has 0 aliphatic carbocycles. The molecule has 0 bridgehead atoms. The monoisotopic (exact) mass is 326 g/mol. The second-order valence-electron chi connectivity index (χ2n) is 5.43. The van der Waals surface area contributed by atoms with Gasteiger partial charge in [-0.1, -0.05) is 6.92 Å². The van der Waals surface area contributed by atoms with Gasteiger partial charge >= 0.3 is 0 Å². The molecule has 1 N–H and O–H groups in total. The highest BCUT2D eigenvalue weighted by Crippen LogP contribution is 2.15. The third kappa shape index (κ3) is 4.45. The molecule has 7 heteroatoms. The van der Waals surface area contributed by atoms with Crippen LogP contribution in [0.15, 0.2) is 24.3 Å². The zero-order chi connectivity index (χ0) is 16.2. The number of nitrogens with zero attached hydrogens (tertiary/aromatic N) is 1. The van der Waals surface area contributed by atoms with Crippen molar-refractivity contribution < 1.29 is 17.9 Å². The molecule has 2 rings (SSSR count). The van der Waals surface area contributed by atoms with Crippen LogP contribution in [0.3, 0.4) is 0 Å². The standard InChI is InChI=1S/C15H22N2O4S/c1-3-10-22(19,20)16-14-6-4-13(5-7-14)15(18)17-8-9-21-12(2)11-17/h4-7,12,16H,3,8-11H2,1-2H3. The molecule has 1 aliphatic heterocycles. The fraction of sp³-hybridized carbons (Fsp3) is 0.533. The van der Waals surface area contributed by atoms with Crippen LogP contribution in [0.5, 0.6) is 0 Å². The van der Waals surface area contributed by atoms with Gasteiger partial charge in [0.1, 0.15) is 0 Å². The lowest BCUT2D eigenvalue weighted by atomic mass is 10.1. The van der Waals surface area contributed by atoms with Crippen LogP contribution >= 0.6 is 0 Å². The summed E-state index contributed by atoms with van der Waals surface area (Å²) in [5, 5.41) is 0. The van der Waals surface area contributed by atoms with E-state index in [1.54, 1.807) is 29.2 Å². The molecule has 6 nitrogen and oxygen atoms in total. The van der Waals surface area contributed by atoms with Crippen molar-refractivity contribution in [2.75, 3.05) is 30.2 Å². The molecule has 0 spiro atoms. The van der Waals surface area contributed by atoms with Gasteiger partial charge in [0.05, 0.1) is 18.5 Å². The quantitative estimate of drug-likeness (QED) is 0.893. The fourth-order valence-corrected chi connectivity index (χ4v) is 3.50. The van der Waals surface area contributed by atoms with Crippen molar-refractivity contribution in [2.45, 2.75) is 26.4 Å². The first-order valence-electron chi connectivity index (χ1n) is 7.42. The summed E-state index contributed by atoms with van der Waals surface area (Å²) in [5.41, 5.74) is 1.02. The number of nitrogens with one attached hydrogen (secondary N) is 1. The molecule has 1 unspecified atom stereocenters. The Morgan fingerprint density at radius 2 is 2.05 bits per heavy atom. The van der Waals surface area contributed by atoms with E-state index in [-0.39, 0.29) is 17.8 Å². The Hall–Kier alpha value is -1.60. The van der Waals surface area contributed by atoms with Crippen LogP contribution in [-0.2, 0) is 14.8 Å². The Labute approximate surface area is 131 Å². The lowest BCUT2D eigenvalue weighted by Crippen LogP contribution is -2.44. The van der Waals surface area contributed by atoms with Gasteiger partial charge in [-0.2, -0.15) is 0 Å². The predicted octanol–water partition coefficient (Wildman–Crippen LogP) is 1.70. The maximum absolute atomic E-state index is 12.4. The van der Waals surface area contributed by atoms with Crippen molar-refractivity contribution in [3.8, 4) is 0 Å². The largest absolute Gasteiger partial charge is 0.375 e. The summed E-state index contributed by atoms with van der Waals surface area (Å²) in [6.07, 6.45) is 0.596. The van der Waals surface area contributed by atoms with Crippen molar-refractivity contribution >= 4 is 21.6 Å². The van der Waals surface area contributed by atoms with Crippen LogP contribution in [0.1, 0.15) is 30.6 Å². The summed E-state index contributed by atoms with van der Waals surface area (Å²) >= 11 is 0. The molecule has 0 saturated carbocycles. The van der Waals surface area contributed by atoms with Crippen LogP contribution < -0.4 is 4.72 Å². The molecule has 1 fully saturated rings. The van der Waals surface area contributed by atoms with Gasteiger partial charge in [0.25, 0.3) is 5.91 Å². The van der Waals surface area contributed by atoms with Gasteiger partial charge in [0, 0.05) is 24.3 Å². The number of sulfonamides is 1. The number of hydrogen-bond donors (Lipinski definition) is 1. The van der Waals surface area contributed by atoms with Gasteiger partial charge in [-0.25, -0.2) is 8.42 Å². The predicted molar refractivity (Wildman–Crippen MR) is 85.5 cm³/mol. The van der Waals surface area contributed by atoms with Gasteiger partial charge in [-0.05, 0) is 37.6 Å². The first-order valence-corrected chi connectivity index (χ1v) is 9.08. The topological polar surface area (TPSA) is 75.7 Å². The molecule has 1 heterocycles. The Morgan fingerprint density at radius 1 is 1.36 bits per heavy atom. The van der Waals surface area contributed by atoms with Crippen LogP contribution in [0, 0.1) is 0 Å². The average Bonchev–Trinajstić information content (AvgIpc) is 2.47. The lowest BCUT2D eigenvalue weighted by molar-refractivity contribution is -0.0124. The number of anilines is 1. The summed E-state index contributed by atoms with van der Waals surface area (Å²) < 4.78 is 31.3. The lowest BCUT2D eigenvalue weighted by Gasteiger charge is -2.31. The second-order valence-corrected chi connectivity index (χ2v) is 7.27. The number of carbonyl (C=O) groups is 1. The molecule has 122 valence electrons. The minimum Gasteiger partial charge on any atom is -0.375 e. The summed E-state index contributed by atoms with van der Waals surface area (Å²) in [5.74, 6) is 0.0254. The third-order valence-electron chi connectivity index (χ3n) is 3.41. The molecule has 1 atom stereocenters. The molecule has 1 aliphatic rings. The number of hydrogen-bond acceptors (Lipinski definition) is 4. The summed E-state index contributed by atoms with van der Waals surface area (Å²) in [7, 11) is -3.31. The SMILES string of the molecule is CCCS(=O)(=O)Nc1ccc(C(=O)N2CCOC(C)C2)cc1. The molecule has 1 aromatic carbocycles. The molecule has 1 aromatic rings. The maximum atomic E-state index is 12.4. The Morgan fingerprint density at radius 3 is 2.64 bits per heavy atom. The summed E-state index contributed by atoms with van der Waals surface area (Å²) in [6, 6.07) is 6.52. The molecular formula is C15H22N2O4S. The van der Waals surface area contributed by atoms with Gasteiger partial charge in [0.2, 0.25) is 10.0 Å². The third-order valence-corrected chi connectivity index (χ3v) is 4.90. The van der Waals surface area contributed by atoms with E-state index in [1.165, 1.54) is 0 Å². The first kappa shape index (κ1) is 16.8. The fourth-order valence-electron chi connectivity index (χ4n) is 2.37. The number of morpholine rings is 1. The number of ether oxygens (including phenoxy) is 1. The molecule has 1 saturated heterocycles. The summed E-state index contributed by atoms with van der Waals surface area (Å²) in [4.78, 5) is 14.1. The molecule has 1 amide bonds. The molecule has 0 aromatic heterocycles. The molecular weight excluding hydrogens is 304 g/mol. The van der Waals surface area contributed by atoms with Gasteiger partial charge in [-0.3, -0.25) is 9.52 Å². The minimum atomic E-state index is -3.31. The van der Waals surface area contributed by atoms with Gasteiger partial charge < -0.3 is 9.64 Å². The van der Waals surface area contributed by atoms with Gasteiger partial charge in [-0.15, -0.1) is 0 Å². The van der Waals surface area contributed by atoms with Crippen molar-refractivity contribution in [1.29, 1.82) is 0 Å². The number of rotatable bonds is 5.